The van der Waals surface area contributed by atoms with Gasteiger partial charge in [0.1, 0.15) is 0 Å². The lowest BCUT2D eigenvalue weighted by atomic mass is 9.70. The van der Waals surface area contributed by atoms with Crippen LogP contribution in [-0.2, 0) is 10.2 Å². The van der Waals surface area contributed by atoms with E-state index in [1.54, 1.807) is 6.07 Å². The largest absolute Gasteiger partial charge is 0.381 e. The summed E-state index contributed by atoms with van der Waals surface area (Å²) in [6.07, 6.45) is 5.97. The number of carbonyl (C=O) groups is 1. The summed E-state index contributed by atoms with van der Waals surface area (Å²) in [7, 11) is 0. The standard InChI is InChI=1S/C27H24N4O2/c1-27(2)22-12-17(18-14-29-31(15-18)19-7-9-33-10-8-19)4-6-20(22)25(32)24-21-5-3-16(13-28)11-23(21)30-26(24)27/h3-6,11-12,14-15,19,30H,7-10H2,1-2H3. The molecule has 1 aliphatic carbocycles. The van der Waals surface area contributed by atoms with Crippen LogP contribution in [0.4, 0.5) is 0 Å². The first-order chi connectivity index (χ1) is 16.0. The maximum atomic E-state index is 13.6. The van der Waals surface area contributed by atoms with Crippen molar-refractivity contribution in [3.63, 3.8) is 0 Å². The highest BCUT2D eigenvalue weighted by Crippen LogP contribution is 2.44. The molecule has 0 saturated carbocycles. The van der Waals surface area contributed by atoms with Gasteiger partial charge in [0, 0.05) is 52.5 Å². The molecular formula is C27H24N4O2. The number of hydrogen-bond acceptors (Lipinski definition) is 4. The topological polar surface area (TPSA) is 83.7 Å². The van der Waals surface area contributed by atoms with Crippen LogP contribution in [0.15, 0.2) is 48.8 Å². The third-order valence-corrected chi connectivity index (χ3v) is 7.22. The van der Waals surface area contributed by atoms with E-state index in [0.717, 1.165) is 64.9 Å². The monoisotopic (exact) mass is 436 g/mol. The van der Waals surface area contributed by atoms with E-state index in [1.165, 1.54) is 0 Å². The first-order valence-electron chi connectivity index (χ1n) is 11.3. The fraction of sp³-hybridized carbons (Fsp3) is 0.296. The van der Waals surface area contributed by atoms with E-state index in [0.29, 0.717) is 17.2 Å². The van der Waals surface area contributed by atoms with Gasteiger partial charge in [-0.3, -0.25) is 9.48 Å². The second-order valence-corrected chi connectivity index (χ2v) is 9.51. The number of carbonyl (C=O) groups excluding carboxylic acids is 1. The number of H-pyrrole nitrogens is 1. The van der Waals surface area contributed by atoms with Gasteiger partial charge in [-0.05, 0) is 42.2 Å². The van der Waals surface area contributed by atoms with Crippen molar-refractivity contribution in [2.75, 3.05) is 13.2 Å². The second-order valence-electron chi connectivity index (χ2n) is 9.51. The number of nitriles is 1. The average Bonchev–Trinajstić information content (AvgIpc) is 3.49. The van der Waals surface area contributed by atoms with Gasteiger partial charge in [0.2, 0.25) is 0 Å². The Hall–Kier alpha value is -3.69. The SMILES string of the molecule is CC1(C)c2cc(-c3cnn(C4CCOCC4)c3)ccc2C(=O)c2c1[nH]c1cc(C#N)ccc21. The van der Waals surface area contributed by atoms with E-state index in [2.05, 4.69) is 46.9 Å². The number of aromatic amines is 1. The zero-order valence-corrected chi connectivity index (χ0v) is 18.7. The quantitative estimate of drug-likeness (QED) is 0.472. The van der Waals surface area contributed by atoms with Crippen molar-refractivity contribution in [3.05, 3.63) is 76.7 Å². The Kier molecular flexibility index (Phi) is 4.33. The van der Waals surface area contributed by atoms with Crippen LogP contribution in [0.3, 0.4) is 0 Å². The van der Waals surface area contributed by atoms with Gasteiger partial charge in [-0.2, -0.15) is 10.4 Å². The molecule has 164 valence electrons. The van der Waals surface area contributed by atoms with Crippen molar-refractivity contribution in [3.8, 4) is 17.2 Å². The Labute approximate surface area is 191 Å². The molecule has 1 N–H and O–H groups in total. The fourth-order valence-electron chi connectivity index (χ4n) is 5.32. The highest BCUT2D eigenvalue weighted by molar-refractivity contribution is 6.20. The number of aromatic nitrogens is 3. The van der Waals surface area contributed by atoms with Crippen LogP contribution < -0.4 is 0 Å². The molecule has 33 heavy (non-hydrogen) atoms. The van der Waals surface area contributed by atoms with Crippen molar-refractivity contribution in [2.45, 2.75) is 38.1 Å². The minimum Gasteiger partial charge on any atom is -0.381 e. The third kappa shape index (κ3) is 2.96. The number of hydrogen-bond donors (Lipinski definition) is 1. The van der Waals surface area contributed by atoms with E-state index in [9.17, 15) is 10.1 Å². The number of ketones is 1. The van der Waals surface area contributed by atoms with Crippen LogP contribution >= 0.6 is 0 Å². The molecule has 0 amide bonds. The number of rotatable bonds is 2. The van der Waals surface area contributed by atoms with Crippen molar-refractivity contribution < 1.29 is 9.53 Å². The van der Waals surface area contributed by atoms with Gasteiger partial charge in [-0.15, -0.1) is 0 Å². The molecule has 1 aliphatic heterocycles. The molecule has 0 radical (unpaired) electrons. The minimum atomic E-state index is -0.392. The fourth-order valence-corrected chi connectivity index (χ4v) is 5.32. The Balaban J connectivity index is 1.44. The Morgan fingerprint density at radius 1 is 1.15 bits per heavy atom. The molecule has 0 unspecified atom stereocenters. The number of nitrogens with one attached hydrogen (secondary N) is 1. The number of benzene rings is 2. The second kappa shape index (κ2) is 7.16. The average molecular weight is 437 g/mol. The Bertz CT molecular complexity index is 1460. The van der Waals surface area contributed by atoms with E-state index >= 15 is 0 Å². The summed E-state index contributed by atoms with van der Waals surface area (Å²) in [5, 5.41) is 14.8. The summed E-state index contributed by atoms with van der Waals surface area (Å²) in [5.41, 5.74) is 6.47. The molecule has 6 rings (SSSR count). The van der Waals surface area contributed by atoms with Crippen molar-refractivity contribution >= 4 is 16.7 Å². The molecule has 1 fully saturated rings. The first-order valence-corrected chi connectivity index (χ1v) is 11.3. The Morgan fingerprint density at radius 2 is 1.97 bits per heavy atom. The number of nitrogens with zero attached hydrogens (tertiary/aromatic N) is 3. The summed E-state index contributed by atoms with van der Waals surface area (Å²) in [6, 6.07) is 14.1. The molecule has 2 aromatic heterocycles. The molecular weight excluding hydrogens is 412 g/mol. The van der Waals surface area contributed by atoms with Crippen LogP contribution in [0.1, 0.15) is 65.5 Å². The number of ether oxygens (including phenoxy) is 1. The van der Waals surface area contributed by atoms with Crippen LogP contribution in [-0.4, -0.2) is 33.8 Å². The van der Waals surface area contributed by atoms with Crippen LogP contribution in [0.25, 0.3) is 22.0 Å². The maximum absolute atomic E-state index is 13.6. The summed E-state index contributed by atoms with van der Waals surface area (Å²) in [6.45, 7) is 5.84. The maximum Gasteiger partial charge on any atom is 0.195 e. The van der Waals surface area contributed by atoms with Crippen LogP contribution in [0.2, 0.25) is 0 Å². The van der Waals surface area contributed by atoms with Crippen LogP contribution in [0.5, 0.6) is 0 Å². The zero-order chi connectivity index (χ0) is 22.7. The van der Waals surface area contributed by atoms with Crippen molar-refractivity contribution in [1.82, 2.24) is 14.8 Å². The molecule has 0 atom stereocenters. The predicted octanol–water partition coefficient (Wildman–Crippen LogP) is 5.12. The lowest BCUT2D eigenvalue weighted by molar-refractivity contribution is 0.0662. The van der Waals surface area contributed by atoms with Crippen LogP contribution in [0, 0.1) is 11.3 Å². The highest BCUT2D eigenvalue weighted by atomic mass is 16.5. The lowest BCUT2D eigenvalue weighted by Crippen LogP contribution is -2.30. The van der Waals surface area contributed by atoms with Gasteiger partial charge in [0.15, 0.2) is 5.78 Å². The summed E-state index contributed by atoms with van der Waals surface area (Å²) in [5.74, 6) is 0.0275. The van der Waals surface area contributed by atoms with E-state index in [-0.39, 0.29) is 5.78 Å². The predicted molar refractivity (Wildman–Crippen MR) is 125 cm³/mol. The number of fused-ring (bicyclic) bond motifs is 4. The molecule has 3 heterocycles. The smallest absolute Gasteiger partial charge is 0.195 e. The van der Waals surface area contributed by atoms with Gasteiger partial charge >= 0.3 is 0 Å². The molecule has 0 bridgehead atoms. The molecule has 6 heteroatoms. The van der Waals surface area contributed by atoms with E-state index in [4.69, 9.17) is 4.74 Å². The van der Waals surface area contributed by atoms with Gasteiger partial charge in [0.05, 0.1) is 29.4 Å². The summed E-state index contributed by atoms with van der Waals surface area (Å²) in [4.78, 5) is 17.0. The van der Waals surface area contributed by atoms with Crippen molar-refractivity contribution in [1.29, 1.82) is 5.26 Å². The molecule has 1 saturated heterocycles. The third-order valence-electron chi connectivity index (χ3n) is 7.22. The van der Waals surface area contributed by atoms with Gasteiger partial charge in [-0.25, -0.2) is 0 Å². The molecule has 4 aromatic rings. The molecule has 0 spiro atoms. The molecule has 2 aliphatic rings. The van der Waals surface area contributed by atoms with Gasteiger partial charge in [-0.1, -0.05) is 32.0 Å². The van der Waals surface area contributed by atoms with E-state index < -0.39 is 5.41 Å². The summed E-state index contributed by atoms with van der Waals surface area (Å²) >= 11 is 0. The normalized spacial score (nSPS) is 17.5. The highest BCUT2D eigenvalue weighted by Gasteiger charge is 2.39. The van der Waals surface area contributed by atoms with Gasteiger partial charge < -0.3 is 9.72 Å². The summed E-state index contributed by atoms with van der Waals surface area (Å²) < 4.78 is 7.53. The van der Waals surface area contributed by atoms with Crippen molar-refractivity contribution in [2.24, 2.45) is 0 Å². The lowest BCUT2D eigenvalue weighted by Gasteiger charge is -2.32. The molecule has 2 aromatic carbocycles. The molecule has 6 nitrogen and oxygen atoms in total. The minimum absolute atomic E-state index is 0.0275. The Morgan fingerprint density at radius 3 is 2.76 bits per heavy atom. The zero-order valence-electron chi connectivity index (χ0n) is 18.7. The van der Waals surface area contributed by atoms with E-state index in [1.807, 2.05) is 30.5 Å². The first kappa shape index (κ1) is 20.0. The van der Waals surface area contributed by atoms with Gasteiger partial charge in [0.25, 0.3) is 0 Å².